The van der Waals surface area contributed by atoms with Crippen LogP contribution in [0.25, 0.3) is 0 Å². The molecule has 4 nitrogen and oxygen atoms in total. The summed E-state index contributed by atoms with van der Waals surface area (Å²) in [5.41, 5.74) is 3.97. The van der Waals surface area contributed by atoms with Crippen LogP contribution in [0.3, 0.4) is 0 Å². The average molecular weight is 531 g/mol. The number of hydrogen-bond donors (Lipinski definition) is 0. The zero-order valence-corrected chi connectivity index (χ0v) is 23.6. The van der Waals surface area contributed by atoms with E-state index in [9.17, 15) is 4.79 Å². The highest BCUT2D eigenvalue weighted by Gasteiger charge is 2.31. The van der Waals surface area contributed by atoms with Crippen LogP contribution >= 0.6 is 23.2 Å². The number of likely N-dealkylation sites (N-methyl/N-ethyl adjacent to an activating group) is 1. The first-order valence-electron chi connectivity index (χ1n) is 13.5. The lowest BCUT2D eigenvalue weighted by molar-refractivity contribution is -0.137. The van der Waals surface area contributed by atoms with E-state index in [1.54, 1.807) is 0 Å². The summed E-state index contributed by atoms with van der Waals surface area (Å²) < 4.78 is 0. The number of halogens is 2. The number of hydrogen-bond acceptors (Lipinski definition) is 3. The van der Waals surface area contributed by atoms with Gasteiger partial charge in [0.2, 0.25) is 5.91 Å². The van der Waals surface area contributed by atoms with E-state index in [0.717, 1.165) is 48.0 Å². The van der Waals surface area contributed by atoms with Gasteiger partial charge in [0.25, 0.3) is 0 Å². The normalized spacial score (nSPS) is 19.1. The molecule has 1 amide bonds. The quantitative estimate of drug-likeness (QED) is 0.389. The van der Waals surface area contributed by atoms with Crippen molar-refractivity contribution in [3.63, 3.8) is 0 Å². The molecule has 36 heavy (non-hydrogen) atoms. The van der Waals surface area contributed by atoms with E-state index in [0.29, 0.717) is 18.3 Å². The lowest BCUT2D eigenvalue weighted by Gasteiger charge is -2.37. The summed E-state index contributed by atoms with van der Waals surface area (Å²) in [6.45, 7) is 7.63. The fourth-order valence-corrected chi connectivity index (χ4v) is 6.27. The number of carbonyl (C=O) groups excluding carboxylic acids is 1. The van der Waals surface area contributed by atoms with E-state index < -0.39 is 0 Å². The second kappa shape index (κ2) is 12.8. The summed E-state index contributed by atoms with van der Waals surface area (Å²) in [7, 11) is 3.99. The standard InChI is InChI=1S/C30H41Cl2N3O/c1-22(21-34-14-4-5-15-34)18-25-20-27(32)10-11-28(25)24-12-16-35(17-13-24)30(36)29(33(2)3)19-23-6-8-26(31)9-7-23/h6-11,20,22,24,29H,4-5,12-19,21H2,1-3H3/t22?,29-/m1/s1. The lowest BCUT2D eigenvalue weighted by Crippen LogP contribution is -2.49. The van der Waals surface area contributed by atoms with Gasteiger partial charge in [0.1, 0.15) is 0 Å². The SMILES string of the molecule is CC(Cc1cc(Cl)ccc1C1CCN(C(=O)[C@@H](Cc2ccc(Cl)cc2)N(C)C)CC1)CN1CCCC1. The van der Waals surface area contributed by atoms with Crippen molar-refractivity contribution in [2.24, 2.45) is 5.92 Å². The zero-order valence-electron chi connectivity index (χ0n) is 22.1. The molecule has 2 aliphatic heterocycles. The van der Waals surface area contributed by atoms with E-state index in [4.69, 9.17) is 23.2 Å². The Hall–Kier alpha value is -1.59. The van der Waals surface area contributed by atoms with Crippen molar-refractivity contribution in [1.29, 1.82) is 0 Å². The third kappa shape index (κ3) is 7.25. The average Bonchev–Trinajstić information content (AvgIpc) is 3.36. The largest absolute Gasteiger partial charge is 0.341 e. The molecule has 6 heteroatoms. The van der Waals surface area contributed by atoms with Crippen LogP contribution in [0.15, 0.2) is 42.5 Å². The van der Waals surface area contributed by atoms with Gasteiger partial charge < -0.3 is 9.80 Å². The Morgan fingerprint density at radius 1 is 0.944 bits per heavy atom. The van der Waals surface area contributed by atoms with Crippen molar-refractivity contribution >= 4 is 29.1 Å². The zero-order chi connectivity index (χ0) is 25.7. The molecule has 2 fully saturated rings. The molecule has 1 unspecified atom stereocenters. The van der Waals surface area contributed by atoms with Gasteiger partial charge in [0.05, 0.1) is 6.04 Å². The smallest absolute Gasteiger partial charge is 0.240 e. The molecule has 2 aromatic rings. The Kier molecular flexibility index (Phi) is 9.74. The molecule has 196 valence electrons. The Labute approximate surface area is 227 Å². The number of amides is 1. The molecule has 0 aliphatic carbocycles. The number of benzene rings is 2. The van der Waals surface area contributed by atoms with Crippen molar-refractivity contribution in [2.45, 2.75) is 57.4 Å². The van der Waals surface area contributed by atoms with Crippen molar-refractivity contribution in [2.75, 3.05) is 46.8 Å². The number of nitrogens with zero attached hydrogens (tertiary/aromatic N) is 3. The number of likely N-dealkylation sites (tertiary alicyclic amines) is 2. The Morgan fingerprint density at radius 2 is 1.58 bits per heavy atom. The van der Waals surface area contributed by atoms with Gasteiger partial charge in [-0.1, -0.05) is 48.3 Å². The first-order chi connectivity index (χ1) is 17.3. The van der Waals surface area contributed by atoms with Crippen molar-refractivity contribution < 1.29 is 4.79 Å². The van der Waals surface area contributed by atoms with Gasteiger partial charge in [-0.2, -0.15) is 0 Å². The highest BCUT2D eigenvalue weighted by molar-refractivity contribution is 6.30. The number of carbonyl (C=O) groups is 1. The van der Waals surface area contributed by atoms with Crippen LogP contribution < -0.4 is 0 Å². The third-order valence-electron chi connectivity index (χ3n) is 7.94. The fraction of sp³-hybridized carbons (Fsp3) is 0.567. The molecule has 2 atom stereocenters. The lowest BCUT2D eigenvalue weighted by atomic mass is 9.84. The van der Waals surface area contributed by atoms with Gasteiger partial charge in [0.15, 0.2) is 0 Å². The van der Waals surface area contributed by atoms with Crippen LogP contribution in [0.1, 0.15) is 55.2 Å². The van der Waals surface area contributed by atoms with Crippen LogP contribution in [0.5, 0.6) is 0 Å². The van der Waals surface area contributed by atoms with Crippen LogP contribution in [0.4, 0.5) is 0 Å². The van der Waals surface area contributed by atoms with Gasteiger partial charge >= 0.3 is 0 Å². The number of piperidine rings is 1. The number of rotatable bonds is 9. The summed E-state index contributed by atoms with van der Waals surface area (Å²) in [5.74, 6) is 1.31. The molecule has 0 bridgehead atoms. The molecule has 0 N–H and O–H groups in total. The Bertz CT molecular complexity index is 996. The second-order valence-electron chi connectivity index (χ2n) is 11.1. The molecule has 0 radical (unpaired) electrons. The molecule has 2 aliphatic rings. The Balaban J connectivity index is 1.38. The first-order valence-corrected chi connectivity index (χ1v) is 14.3. The second-order valence-corrected chi connectivity index (χ2v) is 11.9. The topological polar surface area (TPSA) is 26.8 Å². The maximum absolute atomic E-state index is 13.5. The van der Waals surface area contributed by atoms with E-state index in [1.807, 2.05) is 49.3 Å². The summed E-state index contributed by atoms with van der Waals surface area (Å²) in [4.78, 5) is 20.2. The van der Waals surface area contributed by atoms with E-state index in [1.165, 1.54) is 43.6 Å². The minimum absolute atomic E-state index is 0.166. The van der Waals surface area contributed by atoms with Crippen LogP contribution in [-0.2, 0) is 17.6 Å². The minimum Gasteiger partial charge on any atom is -0.341 e. The minimum atomic E-state index is -0.166. The van der Waals surface area contributed by atoms with Gasteiger partial charge in [-0.3, -0.25) is 9.69 Å². The highest BCUT2D eigenvalue weighted by atomic mass is 35.5. The molecular weight excluding hydrogens is 489 g/mol. The molecular formula is C30H41Cl2N3O. The first kappa shape index (κ1) is 27.4. The van der Waals surface area contributed by atoms with Gasteiger partial charge in [-0.05, 0) is 119 Å². The maximum atomic E-state index is 13.5. The van der Waals surface area contributed by atoms with Crippen LogP contribution in [-0.4, -0.2) is 73.5 Å². The summed E-state index contributed by atoms with van der Waals surface area (Å²) in [6, 6.07) is 14.1. The van der Waals surface area contributed by atoms with Gasteiger partial charge in [-0.15, -0.1) is 0 Å². The molecule has 2 saturated heterocycles. The van der Waals surface area contributed by atoms with Crippen LogP contribution in [0, 0.1) is 5.92 Å². The molecule has 2 aromatic carbocycles. The Morgan fingerprint density at radius 3 is 2.22 bits per heavy atom. The molecule has 4 rings (SSSR count). The van der Waals surface area contributed by atoms with Crippen LogP contribution in [0.2, 0.25) is 10.0 Å². The van der Waals surface area contributed by atoms with Gasteiger partial charge in [0, 0.05) is 29.7 Å². The van der Waals surface area contributed by atoms with Crippen molar-refractivity contribution in [1.82, 2.24) is 14.7 Å². The summed E-state index contributed by atoms with van der Waals surface area (Å²) in [6.07, 6.45) is 6.43. The predicted octanol–water partition coefficient (Wildman–Crippen LogP) is 6.15. The molecule has 2 heterocycles. The van der Waals surface area contributed by atoms with Gasteiger partial charge in [-0.25, -0.2) is 0 Å². The maximum Gasteiger partial charge on any atom is 0.240 e. The van der Waals surface area contributed by atoms with E-state index >= 15 is 0 Å². The van der Waals surface area contributed by atoms with E-state index in [2.05, 4.69) is 28.9 Å². The monoisotopic (exact) mass is 529 g/mol. The molecule has 0 saturated carbocycles. The molecule has 0 aromatic heterocycles. The van der Waals surface area contributed by atoms with Crippen molar-refractivity contribution in [3.8, 4) is 0 Å². The highest BCUT2D eigenvalue weighted by Crippen LogP contribution is 2.33. The summed E-state index contributed by atoms with van der Waals surface area (Å²) >= 11 is 12.5. The predicted molar refractivity (Wildman–Crippen MR) is 151 cm³/mol. The fourth-order valence-electron chi connectivity index (χ4n) is 5.95. The van der Waals surface area contributed by atoms with E-state index in [-0.39, 0.29) is 11.9 Å². The third-order valence-corrected chi connectivity index (χ3v) is 8.43. The molecule has 0 spiro atoms. The summed E-state index contributed by atoms with van der Waals surface area (Å²) in [5, 5.41) is 1.55. The van der Waals surface area contributed by atoms with Crippen molar-refractivity contribution in [3.05, 3.63) is 69.2 Å².